The van der Waals surface area contributed by atoms with Gasteiger partial charge in [-0.05, 0) is 23.1 Å². The lowest BCUT2D eigenvalue weighted by Gasteiger charge is -2.30. The first-order valence-electron chi connectivity index (χ1n) is 9.67. The number of amides is 2. The molecule has 1 heterocycles. The molecule has 0 aromatic heterocycles. The normalized spacial score (nSPS) is 15.8. The van der Waals surface area contributed by atoms with Gasteiger partial charge >= 0.3 is 0 Å². The van der Waals surface area contributed by atoms with Crippen molar-refractivity contribution in [2.75, 3.05) is 26.3 Å². The quantitative estimate of drug-likeness (QED) is 0.786. The molecule has 1 atom stereocenters. The van der Waals surface area contributed by atoms with Crippen molar-refractivity contribution in [3.8, 4) is 0 Å². The zero-order chi connectivity index (χ0) is 19.8. The molecule has 1 aliphatic rings. The molecule has 2 aromatic rings. The number of hydrogen-bond donors (Lipinski definition) is 1. The predicted molar refractivity (Wildman–Crippen MR) is 109 cm³/mol. The standard InChI is InChI=1S/C23H26N2O3/c1-2-18(19-9-5-3-6-10-19)17-21(26)24-22(20-11-7-4-8-12-20)23(27)25-13-15-28-16-14-25/h3-12,17,22H,2,13-16H2,1H3,(H,24,26)/b18-17+/t22-/m0/s1. The number of allylic oxidation sites excluding steroid dienone is 1. The minimum Gasteiger partial charge on any atom is -0.378 e. The Morgan fingerprint density at radius 1 is 1.04 bits per heavy atom. The predicted octanol–water partition coefficient (Wildman–Crippen LogP) is 3.20. The summed E-state index contributed by atoms with van der Waals surface area (Å²) < 4.78 is 5.34. The van der Waals surface area contributed by atoms with Crippen LogP contribution in [0.15, 0.2) is 66.7 Å². The van der Waals surface area contributed by atoms with Crippen LogP contribution in [0.4, 0.5) is 0 Å². The van der Waals surface area contributed by atoms with Crippen LogP contribution in [-0.2, 0) is 14.3 Å². The van der Waals surface area contributed by atoms with E-state index in [1.807, 2.05) is 67.6 Å². The highest BCUT2D eigenvalue weighted by molar-refractivity contribution is 5.98. The second-order valence-electron chi connectivity index (χ2n) is 6.68. The molecule has 0 bridgehead atoms. The third kappa shape index (κ3) is 5.08. The molecular formula is C23H26N2O3. The molecule has 3 rings (SSSR count). The van der Waals surface area contributed by atoms with Crippen LogP contribution in [0.5, 0.6) is 0 Å². The van der Waals surface area contributed by atoms with Gasteiger partial charge in [-0.1, -0.05) is 67.6 Å². The van der Waals surface area contributed by atoms with E-state index in [-0.39, 0.29) is 11.8 Å². The average molecular weight is 378 g/mol. The number of hydrogen-bond acceptors (Lipinski definition) is 3. The van der Waals surface area contributed by atoms with E-state index in [9.17, 15) is 9.59 Å². The number of rotatable bonds is 6. The highest BCUT2D eigenvalue weighted by atomic mass is 16.5. The Morgan fingerprint density at radius 3 is 2.25 bits per heavy atom. The first-order valence-corrected chi connectivity index (χ1v) is 9.67. The largest absolute Gasteiger partial charge is 0.378 e. The summed E-state index contributed by atoms with van der Waals surface area (Å²) in [6, 6.07) is 18.5. The molecule has 0 unspecified atom stereocenters. The Morgan fingerprint density at radius 2 is 1.64 bits per heavy atom. The van der Waals surface area contributed by atoms with Crippen LogP contribution in [0.3, 0.4) is 0 Å². The van der Waals surface area contributed by atoms with Gasteiger partial charge in [0.15, 0.2) is 0 Å². The van der Waals surface area contributed by atoms with Crippen molar-refractivity contribution in [1.82, 2.24) is 10.2 Å². The van der Waals surface area contributed by atoms with Crippen molar-refractivity contribution in [3.05, 3.63) is 77.9 Å². The van der Waals surface area contributed by atoms with Gasteiger partial charge in [0.2, 0.25) is 11.8 Å². The fourth-order valence-electron chi connectivity index (χ4n) is 3.28. The third-order valence-corrected chi connectivity index (χ3v) is 4.82. The molecule has 2 amide bonds. The van der Waals surface area contributed by atoms with Gasteiger partial charge in [-0.2, -0.15) is 0 Å². The molecule has 0 aliphatic carbocycles. The maximum atomic E-state index is 13.1. The maximum Gasteiger partial charge on any atom is 0.249 e. The maximum absolute atomic E-state index is 13.1. The molecule has 2 aromatic carbocycles. The van der Waals surface area contributed by atoms with E-state index in [0.717, 1.165) is 23.1 Å². The van der Waals surface area contributed by atoms with E-state index in [1.165, 1.54) is 0 Å². The summed E-state index contributed by atoms with van der Waals surface area (Å²) in [7, 11) is 0. The van der Waals surface area contributed by atoms with Crippen molar-refractivity contribution in [2.45, 2.75) is 19.4 Å². The van der Waals surface area contributed by atoms with Crippen molar-refractivity contribution < 1.29 is 14.3 Å². The van der Waals surface area contributed by atoms with E-state index in [4.69, 9.17) is 4.74 Å². The topological polar surface area (TPSA) is 58.6 Å². The number of ether oxygens (including phenoxy) is 1. The van der Waals surface area contributed by atoms with Crippen molar-refractivity contribution in [1.29, 1.82) is 0 Å². The first kappa shape index (κ1) is 19.8. The van der Waals surface area contributed by atoms with Crippen LogP contribution in [0.1, 0.15) is 30.5 Å². The monoisotopic (exact) mass is 378 g/mol. The molecule has 1 saturated heterocycles. The molecule has 0 spiro atoms. The Bertz CT molecular complexity index is 812. The summed E-state index contributed by atoms with van der Waals surface area (Å²) in [5.74, 6) is -0.370. The van der Waals surface area contributed by atoms with Gasteiger partial charge in [0, 0.05) is 19.2 Å². The fourth-order valence-corrected chi connectivity index (χ4v) is 3.28. The zero-order valence-electron chi connectivity index (χ0n) is 16.1. The van der Waals surface area contributed by atoms with E-state index >= 15 is 0 Å². The number of benzene rings is 2. The lowest BCUT2D eigenvalue weighted by atomic mass is 10.0. The first-order chi connectivity index (χ1) is 13.7. The smallest absolute Gasteiger partial charge is 0.249 e. The number of nitrogens with zero attached hydrogens (tertiary/aromatic N) is 1. The highest BCUT2D eigenvalue weighted by Crippen LogP contribution is 2.20. The zero-order valence-corrected chi connectivity index (χ0v) is 16.1. The highest BCUT2D eigenvalue weighted by Gasteiger charge is 2.28. The van der Waals surface area contributed by atoms with Gasteiger partial charge in [-0.25, -0.2) is 0 Å². The molecule has 1 aliphatic heterocycles. The van der Waals surface area contributed by atoms with E-state index in [2.05, 4.69) is 5.32 Å². The minimum atomic E-state index is -0.711. The number of carbonyl (C=O) groups is 2. The van der Waals surface area contributed by atoms with Crippen molar-refractivity contribution in [3.63, 3.8) is 0 Å². The summed E-state index contributed by atoms with van der Waals surface area (Å²) in [6.45, 7) is 4.14. The second kappa shape index (κ2) is 9.85. The third-order valence-electron chi connectivity index (χ3n) is 4.82. The minimum absolute atomic E-state index is 0.103. The lowest BCUT2D eigenvalue weighted by Crippen LogP contribution is -2.47. The Hall–Kier alpha value is -2.92. The van der Waals surface area contributed by atoms with E-state index in [0.29, 0.717) is 26.3 Å². The molecule has 0 radical (unpaired) electrons. The van der Waals surface area contributed by atoms with Crippen LogP contribution >= 0.6 is 0 Å². The SMILES string of the molecule is CC/C(=C\C(=O)N[C@H](C(=O)N1CCOCC1)c1ccccc1)c1ccccc1. The van der Waals surface area contributed by atoms with Crippen LogP contribution in [-0.4, -0.2) is 43.0 Å². The molecule has 5 heteroatoms. The second-order valence-corrected chi connectivity index (χ2v) is 6.68. The number of morpholine rings is 1. The van der Waals surface area contributed by atoms with Crippen molar-refractivity contribution in [2.24, 2.45) is 0 Å². The summed E-state index contributed by atoms with van der Waals surface area (Å²) in [6.07, 6.45) is 2.32. The van der Waals surface area contributed by atoms with Gasteiger partial charge in [0.05, 0.1) is 13.2 Å². The number of carbonyl (C=O) groups excluding carboxylic acids is 2. The van der Waals surface area contributed by atoms with Gasteiger partial charge in [-0.15, -0.1) is 0 Å². The van der Waals surface area contributed by atoms with Crippen LogP contribution in [0.2, 0.25) is 0 Å². The van der Waals surface area contributed by atoms with Gasteiger partial charge in [0.25, 0.3) is 0 Å². The number of nitrogens with one attached hydrogen (secondary N) is 1. The Kier molecular flexibility index (Phi) is 6.98. The lowest BCUT2D eigenvalue weighted by molar-refractivity contribution is -0.139. The average Bonchev–Trinajstić information content (AvgIpc) is 2.77. The van der Waals surface area contributed by atoms with Crippen LogP contribution in [0, 0.1) is 0 Å². The molecule has 0 saturated carbocycles. The summed E-state index contributed by atoms with van der Waals surface area (Å²) in [4.78, 5) is 27.6. The Balaban J connectivity index is 1.81. The van der Waals surface area contributed by atoms with Gasteiger partial charge in [-0.3, -0.25) is 9.59 Å². The van der Waals surface area contributed by atoms with Crippen LogP contribution < -0.4 is 5.32 Å². The van der Waals surface area contributed by atoms with Crippen LogP contribution in [0.25, 0.3) is 5.57 Å². The summed E-state index contributed by atoms with van der Waals surface area (Å²) in [5.41, 5.74) is 2.72. The molecule has 5 nitrogen and oxygen atoms in total. The summed E-state index contributed by atoms with van der Waals surface area (Å²) in [5, 5.41) is 2.92. The van der Waals surface area contributed by atoms with E-state index in [1.54, 1.807) is 11.0 Å². The van der Waals surface area contributed by atoms with Gasteiger partial charge < -0.3 is 15.0 Å². The molecule has 1 N–H and O–H groups in total. The molecule has 1 fully saturated rings. The van der Waals surface area contributed by atoms with E-state index < -0.39 is 6.04 Å². The molecule has 146 valence electrons. The molecular weight excluding hydrogens is 352 g/mol. The van der Waals surface area contributed by atoms with Crippen molar-refractivity contribution >= 4 is 17.4 Å². The molecule has 28 heavy (non-hydrogen) atoms. The van der Waals surface area contributed by atoms with Gasteiger partial charge in [0.1, 0.15) is 6.04 Å². The summed E-state index contributed by atoms with van der Waals surface area (Å²) >= 11 is 0. The Labute approximate surface area is 166 Å². The fraction of sp³-hybridized carbons (Fsp3) is 0.304.